The van der Waals surface area contributed by atoms with E-state index in [0.717, 1.165) is 6.54 Å². The highest BCUT2D eigenvalue weighted by Gasteiger charge is 2.50. The third-order valence-corrected chi connectivity index (χ3v) is 3.04. The van der Waals surface area contributed by atoms with Crippen LogP contribution in [0.2, 0.25) is 0 Å². The molecule has 1 N–H and O–H groups in total. The van der Waals surface area contributed by atoms with E-state index >= 15 is 0 Å². The van der Waals surface area contributed by atoms with Crippen LogP contribution < -0.4 is 5.32 Å². The Balaban J connectivity index is 2.10. The minimum absolute atomic E-state index is 0.103. The minimum atomic E-state index is -2.37. The summed E-state index contributed by atoms with van der Waals surface area (Å²) < 4.78 is 25.6. The zero-order chi connectivity index (χ0) is 8.06. The first-order valence-corrected chi connectivity index (χ1v) is 4.20. The zero-order valence-corrected chi connectivity index (χ0v) is 6.61. The largest absolute Gasteiger partial charge is 0.314 e. The molecular formula is C8H13F2N. The quantitative estimate of drug-likeness (QED) is 0.569. The average Bonchev–Trinajstić information content (AvgIpc) is 2.31. The van der Waals surface area contributed by atoms with Gasteiger partial charge in [-0.15, -0.1) is 0 Å². The SMILES string of the molecule is C[C@H]1NC[C@H]2CC(F)(F)C[C@H]21. The average molecular weight is 161 g/mol. The molecule has 3 heteroatoms. The van der Waals surface area contributed by atoms with E-state index in [1.54, 1.807) is 0 Å². The number of fused-ring (bicyclic) bond motifs is 1. The first kappa shape index (κ1) is 7.47. The molecule has 0 amide bonds. The van der Waals surface area contributed by atoms with Gasteiger partial charge in [0.1, 0.15) is 0 Å². The molecule has 0 bridgehead atoms. The van der Waals surface area contributed by atoms with E-state index in [0.29, 0.717) is 6.04 Å². The molecule has 1 aliphatic heterocycles. The van der Waals surface area contributed by atoms with Crippen molar-refractivity contribution in [2.24, 2.45) is 11.8 Å². The van der Waals surface area contributed by atoms with Crippen molar-refractivity contribution >= 4 is 0 Å². The first-order valence-electron chi connectivity index (χ1n) is 4.20. The van der Waals surface area contributed by atoms with Crippen molar-refractivity contribution in [3.8, 4) is 0 Å². The molecule has 0 aromatic rings. The van der Waals surface area contributed by atoms with Crippen LogP contribution in [0.5, 0.6) is 0 Å². The van der Waals surface area contributed by atoms with Gasteiger partial charge in [0.2, 0.25) is 5.92 Å². The molecular weight excluding hydrogens is 148 g/mol. The number of halogens is 2. The molecule has 2 aliphatic rings. The Kier molecular flexibility index (Phi) is 1.46. The van der Waals surface area contributed by atoms with Crippen LogP contribution in [0.25, 0.3) is 0 Å². The van der Waals surface area contributed by atoms with E-state index < -0.39 is 5.92 Å². The highest BCUT2D eigenvalue weighted by molar-refractivity contribution is 4.98. The van der Waals surface area contributed by atoms with Gasteiger partial charge in [-0.25, -0.2) is 8.78 Å². The van der Waals surface area contributed by atoms with Gasteiger partial charge in [-0.2, -0.15) is 0 Å². The van der Waals surface area contributed by atoms with Crippen LogP contribution in [0.1, 0.15) is 19.8 Å². The van der Waals surface area contributed by atoms with E-state index in [-0.39, 0.29) is 24.7 Å². The van der Waals surface area contributed by atoms with Gasteiger partial charge >= 0.3 is 0 Å². The Labute approximate surface area is 65.2 Å². The van der Waals surface area contributed by atoms with E-state index in [9.17, 15) is 8.78 Å². The fourth-order valence-corrected chi connectivity index (χ4v) is 2.43. The summed E-state index contributed by atoms with van der Waals surface area (Å²) in [5.74, 6) is -1.91. The second kappa shape index (κ2) is 2.16. The van der Waals surface area contributed by atoms with Gasteiger partial charge < -0.3 is 5.32 Å². The molecule has 2 fully saturated rings. The molecule has 0 unspecified atom stereocenters. The molecule has 11 heavy (non-hydrogen) atoms. The maximum absolute atomic E-state index is 12.8. The van der Waals surface area contributed by atoms with Gasteiger partial charge in [0.05, 0.1) is 0 Å². The number of rotatable bonds is 0. The summed E-state index contributed by atoms with van der Waals surface area (Å²) in [6, 6.07) is 0.299. The molecule has 1 heterocycles. The minimum Gasteiger partial charge on any atom is -0.314 e. The van der Waals surface area contributed by atoms with Crippen LogP contribution in [0.3, 0.4) is 0 Å². The lowest BCUT2D eigenvalue weighted by Gasteiger charge is -2.13. The summed E-state index contributed by atoms with van der Waals surface area (Å²) >= 11 is 0. The van der Waals surface area contributed by atoms with Crippen LogP contribution >= 0.6 is 0 Å². The van der Waals surface area contributed by atoms with Crippen molar-refractivity contribution in [2.45, 2.75) is 31.7 Å². The van der Waals surface area contributed by atoms with Crippen LogP contribution in [0.4, 0.5) is 8.78 Å². The van der Waals surface area contributed by atoms with Crippen LogP contribution in [0, 0.1) is 11.8 Å². The Morgan fingerprint density at radius 2 is 2.09 bits per heavy atom. The number of hydrogen-bond acceptors (Lipinski definition) is 1. The first-order chi connectivity index (χ1) is 5.08. The summed E-state index contributed by atoms with van der Waals surface area (Å²) in [5, 5.41) is 3.23. The standard InChI is InChI=1S/C8H13F2N/c1-5-7-3-8(9,10)2-6(7)4-11-5/h5-7,11H,2-4H2,1H3/t5-,6-,7+/m1/s1. The van der Waals surface area contributed by atoms with Gasteiger partial charge in [0.15, 0.2) is 0 Å². The monoisotopic (exact) mass is 161 g/mol. The van der Waals surface area contributed by atoms with Gasteiger partial charge in [-0.3, -0.25) is 0 Å². The highest BCUT2D eigenvalue weighted by Crippen LogP contribution is 2.46. The molecule has 3 atom stereocenters. The van der Waals surface area contributed by atoms with E-state index in [1.807, 2.05) is 6.92 Å². The summed E-state index contributed by atoms with van der Waals surface area (Å²) in [6.45, 7) is 2.80. The molecule has 1 aliphatic carbocycles. The number of nitrogens with one attached hydrogen (secondary N) is 1. The number of alkyl halides is 2. The summed E-state index contributed by atoms with van der Waals surface area (Å²) in [6.07, 6.45) is 0.209. The van der Waals surface area contributed by atoms with Crippen molar-refractivity contribution in [3.63, 3.8) is 0 Å². The molecule has 1 nitrogen and oxygen atoms in total. The maximum Gasteiger partial charge on any atom is 0.248 e. The summed E-state index contributed by atoms with van der Waals surface area (Å²) in [5.41, 5.74) is 0. The predicted molar refractivity (Wildman–Crippen MR) is 38.6 cm³/mol. The lowest BCUT2D eigenvalue weighted by Crippen LogP contribution is -2.25. The fraction of sp³-hybridized carbons (Fsp3) is 1.00. The second-order valence-corrected chi connectivity index (χ2v) is 3.89. The van der Waals surface area contributed by atoms with Crippen molar-refractivity contribution in [2.75, 3.05) is 6.54 Å². The number of hydrogen-bond donors (Lipinski definition) is 1. The molecule has 0 radical (unpaired) electrons. The molecule has 1 saturated carbocycles. The highest BCUT2D eigenvalue weighted by atomic mass is 19.3. The van der Waals surface area contributed by atoms with Crippen LogP contribution in [-0.4, -0.2) is 18.5 Å². The molecule has 64 valence electrons. The van der Waals surface area contributed by atoms with Crippen molar-refractivity contribution in [1.29, 1.82) is 0 Å². The molecule has 1 saturated heterocycles. The zero-order valence-electron chi connectivity index (χ0n) is 6.61. The van der Waals surface area contributed by atoms with E-state index in [1.165, 1.54) is 0 Å². The molecule has 0 aromatic carbocycles. The Morgan fingerprint density at radius 3 is 2.73 bits per heavy atom. The van der Waals surface area contributed by atoms with E-state index in [2.05, 4.69) is 5.32 Å². The normalized spacial score (nSPS) is 47.7. The molecule has 0 aromatic heterocycles. The van der Waals surface area contributed by atoms with Gasteiger partial charge in [-0.05, 0) is 25.3 Å². The predicted octanol–water partition coefficient (Wildman–Crippen LogP) is 1.64. The van der Waals surface area contributed by atoms with Gasteiger partial charge in [0.25, 0.3) is 0 Å². The third-order valence-electron chi connectivity index (χ3n) is 3.04. The lowest BCUT2D eigenvalue weighted by atomic mass is 9.95. The Morgan fingerprint density at radius 1 is 1.36 bits per heavy atom. The summed E-state index contributed by atoms with van der Waals surface area (Å²) in [4.78, 5) is 0. The van der Waals surface area contributed by atoms with Gasteiger partial charge in [-0.1, -0.05) is 0 Å². The fourth-order valence-electron chi connectivity index (χ4n) is 2.43. The third kappa shape index (κ3) is 1.15. The second-order valence-electron chi connectivity index (χ2n) is 3.89. The lowest BCUT2D eigenvalue weighted by molar-refractivity contribution is -0.000296. The Hall–Kier alpha value is -0.180. The Bertz CT molecular complexity index is 169. The molecule has 2 rings (SSSR count). The van der Waals surface area contributed by atoms with Crippen LogP contribution in [-0.2, 0) is 0 Å². The smallest absolute Gasteiger partial charge is 0.248 e. The van der Waals surface area contributed by atoms with Crippen molar-refractivity contribution < 1.29 is 8.78 Å². The molecule has 0 spiro atoms. The van der Waals surface area contributed by atoms with E-state index in [4.69, 9.17) is 0 Å². The van der Waals surface area contributed by atoms with Crippen molar-refractivity contribution in [3.05, 3.63) is 0 Å². The van der Waals surface area contributed by atoms with Crippen LogP contribution in [0.15, 0.2) is 0 Å². The van der Waals surface area contributed by atoms with Gasteiger partial charge in [0, 0.05) is 18.9 Å². The van der Waals surface area contributed by atoms with Crippen molar-refractivity contribution in [1.82, 2.24) is 5.32 Å². The maximum atomic E-state index is 12.8. The topological polar surface area (TPSA) is 12.0 Å². The summed E-state index contributed by atoms with van der Waals surface area (Å²) in [7, 11) is 0.